The first-order chi connectivity index (χ1) is 5.98. The molecule has 13 heavy (non-hydrogen) atoms. The molecule has 0 amide bonds. The van der Waals surface area contributed by atoms with Crippen molar-refractivity contribution in [2.24, 2.45) is 0 Å². The van der Waals surface area contributed by atoms with Crippen LogP contribution < -0.4 is 0 Å². The van der Waals surface area contributed by atoms with Crippen molar-refractivity contribution in [1.82, 2.24) is 4.90 Å². The molecule has 0 bridgehead atoms. The van der Waals surface area contributed by atoms with Crippen molar-refractivity contribution >= 4 is 8.07 Å². The summed E-state index contributed by atoms with van der Waals surface area (Å²) in [7, 11) is 3.06. The molecule has 0 atom stereocenters. The predicted molar refractivity (Wildman–Crippen MR) is 64.6 cm³/mol. The molecule has 0 aromatic heterocycles. The Labute approximate surface area is 84.8 Å². The normalized spacial score (nSPS) is 11.5. The van der Waals surface area contributed by atoms with E-state index in [4.69, 9.17) is 0 Å². The molecule has 0 fully saturated rings. The molecule has 0 aromatic carbocycles. The van der Waals surface area contributed by atoms with Gasteiger partial charge in [0.1, 0.15) is 8.07 Å². The van der Waals surface area contributed by atoms with Crippen LogP contribution in [0.2, 0.25) is 18.6 Å². The summed E-state index contributed by atoms with van der Waals surface area (Å²) in [4.78, 5) is 2.22. The quantitative estimate of drug-likeness (QED) is 0.592. The Balaban J connectivity index is 4.46. The minimum absolute atomic E-state index is 1.18. The minimum atomic E-state index is -1.18. The Bertz CT molecular complexity index is 157. The first-order valence-corrected chi connectivity index (χ1v) is 8.26. The fraction of sp³-hybridized carbons (Fsp3) is 0.818. The van der Waals surface area contributed by atoms with E-state index in [9.17, 15) is 0 Å². The van der Waals surface area contributed by atoms with E-state index < -0.39 is 8.07 Å². The number of rotatable bonds is 6. The monoisotopic (exact) mass is 199 g/mol. The Hall–Kier alpha value is -0.243. The molecule has 0 unspecified atom stereocenters. The fourth-order valence-corrected chi connectivity index (χ4v) is 6.17. The van der Waals surface area contributed by atoms with Gasteiger partial charge in [0.05, 0.1) is 0 Å². The van der Waals surface area contributed by atoms with Crippen LogP contribution >= 0.6 is 0 Å². The van der Waals surface area contributed by atoms with Crippen LogP contribution in [0.25, 0.3) is 0 Å². The molecular formula is C11H25NSi. The standard InChI is InChI=1S/C11H25NSi/c1-7-9-13(6,10-8-2)11(3)12(4)5/h3,7-10H2,1-2,4-6H3. The summed E-state index contributed by atoms with van der Waals surface area (Å²) in [6.07, 6.45) is 2.60. The van der Waals surface area contributed by atoms with E-state index in [-0.39, 0.29) is 0 Å². The molecule has 0 spiro atoms. The molecule has 0 saturated heterocycles. The first-order valence-electron chi connectivity index (χ1n) is 5.34. The number of nitrogens with zero attached hydrogens (tertiary/aromatic N) is 1. The van der Waals surface area contributed by atoms with Gasteiger partial charge in [0.25, 0.3) is 0 Å². The van der Waals surface area contributed by atoms with Gasteiger partial charge in [0, 0.05) is 14.1 Å². The highest BCUT2D eigenvalue weighted by molar-refractivity contribution is 6.85. The second kappa shape index (κ2) is 5.48. The van der Waals surface area contributed by atoms with E-state index >= 15 is 0 Å². The molecule has 0 aliphatic heterocycles. The Morgan fingerprint density at radius 1 is 1.15 bits per heavy atom. The Morgan fingerprint density at radius 2 is 1.54 bits per heavy atom. The lowest BCUT2D eigenvalue weighted by Gasteiger charge is -2.33. The maximum atomic E-state index is 4.25. The van der Waals surface area contributed by atoms with Crippen LogP contribution in [0, 0.1) is 0 Å². The minimum Gasteiger partial charge on any atom is -0.385 e. The zero-order chi connectivity index (χ0) is 10.5. The molecule has 0 saturated carbocycles. The maximum absolute atomic E-state index is 4.25. The van der Waals surface area contributed by atoms with Crippen LogP contribution in [0.4, 0.5) is 0 Å². The lowest BCUT2D eigenvalue weighted by molar-refractivity contribution is 0.539. The van der Waals surface area contributed by atoms with Gasteiger partial charge in [-0.15, -0.1) is 0 Å². The summed E-state index contributed by atoms with van der Waals surface area (Å²) in [6.45, 7) is 11.3. The van der Waals surface area contributed by atoms with E-state index in [0.717, 1.165) is 0 Å². The zero-order valence-electron chi connectivity index (χ0n) is 9.98. The topological polar surface area (TPSA) is 3.24 Å². The molecule has 0 radical (unpaired) electrons. The molecule has 1 nitrogen and oxygen atoms in total. The highest BCUT2D eigenvalue weighted by atomic mass is 28.3. The van der Waals surface area contributed by atoms with Crippen molar-refractivity contribution in [3.8, 4) is 0 Å². The molecule has 0 aromatic rings. The van der Waals surface area contributed by atoms with Crippen molar-refractivity contribution in [3.05, 3.63) is 11.9 Å². The molecule has 0 N–H and O–H groups in total. The van der Waals surface area contributed by atoms with Gasteiger partial charge in [0.15, 0.2) is 0 Å². The molecule has 0 aliphatic rings. The molecule has 0 aliphatic carbocycles. The van der Waals surface area contributed by atoms with E-state index in [0.29, 0.717) is 0 Å². The average molecular weight is 199 g/mol. The van der Waals surface area contributed by atoms with Crippen molar-refractivity contribution in [2.75, 3.05) is 14.1 Å². The van der Waals surface area contributed by atoms with Crippen LogP contribution in [0.15, 0.2) is 11.9 Å². The van der Waals surface area contributed by atoms with E-state index in [2.05, 4.69) is 46.0 Å². The number of hydrogen-bond donors (Lipinski definition) is 0. The van der Waals surface area contributed by atoms with Gasteiger partial charge in [-0.2, -0.15) is 0 Å². The van der Waals surface area contributed by atoms with Gasteiger partial charge in [-0.25, -0.2) is 0 Å². The SMILES string of the molecule is C=C(N(C)C)[Si](C)(CCC)CCC. The summed E-state index contributed by atoms with van der Waals surface area (Å²) < 4.78 is 0. The van der Waals surface area contributed by atoms with E-state index in [1.807, 2.05) is 0 Å². The highest BCUT2D eigenvalue weighted by Crippen LogP contribution is 2.27. The summed E-state index contributed by atoms with van der Waals surface area (Å²) >= 11 is 0. The van der Waals surface area contributed by atoms with E-state index in [1.165, 1.54) is 30.3 Å². The van der Waals surface area contributed by atoms with Gasteiger partial charge >= 0.3 is 0 Å². The van der Waals surface area contributed by atoms with Crippen molar-refractivity contribution in [1.29, 1.82) is 0 Å². The molecule has 0 rings (SSSR count). The summed E-state index contributed by atoms with van der Waals surface area (Å²) in [5, 5.41) is 1.41. The Kier molecular flexibility index (Phi) is 5.38. The van der Waals surface area contributed by atoms with Crippen LogP contribution in [0.1, 0.15) is 26.7 Å². The third-order valence-corrected chi connectivity index (χ3v) is 7.89. The number of hydrogen-bond acceptors (Lipinski definition) is 1. The van der Waals surface area contributed by atoms with Crippen LogP contribution in [0.5, 0.6) is 0 Å². The fourth-order valence-electron chi connectivity index (χ4n) is 2.06. The zero-order valence-corrected chi connectivity index (χ0v) is 11.0. The van der Waals surface area contributed by atoms with Crippen molar-refractivity contribution in [2.45, 2.75) is 45.3 Å². The smallest absolute Gasteiger partial charge is 0.103 e. The second-order valence-corrected chi connectivity index (χ2v) is 9.10. The Morgan fingerprint density at radius 3 is 1.77 bits per heavy atom. The largest absolute Gasteiger partial charge is 0.385 e. The molecular weight excluding hydrogens is 174 g/mol. The lowest BCUT2D eigenvalue weighted by Crippen LogP contribution is -2.38. The molecule has 0 heterocycles. The molecule has 78 valence electrons. The average Bonchev–Trinajstić information content (AvgIpc) is 2.03. The van der Waals surface area contributed by atoms with Gasteiger partial charge in [-0.05, 0) is 5.32 Å². The van der Waals surface area contributed by atoms with Gasteiger partial charge in [0.2, 0.25) is 0 Å². The van der Waals surface area contributed by atoms with Crippen molar-refractivity contribution in [3.63, 3.8) is 0 Å². The van der Waals surface area contributed by atoms with Crippen LogP contribution in [0.3, 0.4) is 0 Å². The highest BCUT2D eigenvalue weighted by Gasteiger charge is 2.29. The molecule has 2 heteroatoms. The third-order valence-electron chi connectivity index (χ3n) is 2.84. The lowest BCUT2D eigenvalue weighted by atomic mass is 10.6. The van der Waals surface area contributed by atoms with E-state index in [1.54, 1.807) is 0 Å². The van der Waals surface area contributed by atoms with Gasteiger partial charge in [-0.1, -0.05) is 51.9 Å². The summed E-state index contributed by atoms with van der Waals surface area (Å²) in [5.41, 5.74) is 0. The van der Waals surface area contributed by atoms with Crippen molar-refractivity contribution < 1.29 is 0 Å². The summed E-state index contributed by atoms with van der Waals surface area (Å²) in [6, 6.07) is 2.77. The third kappa shape index (κ3) is 3.55. The van der Waals surface area contributed by atoms with Crippen LogP contribution in [-0.4, -0.2) is 27.1 Å². The first kappa shape index (κ1) is 12.8. The summed E-state index contributed by atoms with van der Waals surface area (Å²) in [5.74, 6) is 0. The maximum Gasteiger partial charge on any atom is 0.103 e. The predicted octanol–water partition coefficient (Wildman–Crippen LogP) is 3.50. The second-order valence-electron chi connectivity index (χ2n) is 4.40. The van der Waals surface area contributed by atoms with Crippen LogP contribution in [-0.2, 0) is 0 Å². The van der Waals surface area contributed by atoms with Gasteiger partial charge < -0.3 is 4.90 Å². The van der Waals surface area contributed by atoms with Gasteiger partial charge in [-0.3, -0.25) is 0 Å².